The van der Waals surface area contributed by atoms with Gasteiger partial charge in [-0.1, -0.05) is 47.6 Å². The summed E-state index contributed by atoms with van der Waals surface area (Å²) in [6.07, 6.45) is 0.283. The van der Waals surface area contributed by atoms with Gasteiger partial charge in [0.05, 0.1) is 29.0 Å². The van der Waals surface area contributed by atoms with E-state index in [1.165, 1.54) is 11.8 Å². The molecule has 0 unspecified atom stereocenters. The number of carbonyl (C=O) groups excluding carboxylic acids is 1. The fourth-order valence-corrected chi connectivity index (χ4v) is 3.79. The van der Waals surface area contributed by atoms with Gasteiger partial charge in [-0.05, 0) is 43.2 Å². The zero-order chi connectivity index (χ0) is 20.8. The second kappa shape index (κ2) is 9.59. The summed E-state index contributed by atoms with van der Waals surface area (Å²) in [7, 11) is 0. The molecule has 2 aromatic carbocycles. The van der Waals surface area contributed by atoms with E-state index in [-0.39, 0.29) is 18.1 Å². The molecular formula is C21H20ClN5OS. The van der Waals surface area contributed by atoms with Crippen molar-refractivity contribution in [2.75, 3.05) is 12.3 Å². The zero-order valence-corrected chi connectivity index (χ0v) is 17.7. The van der Waals surface area contributed by atoms with Crippen molar-refractivity contribution in [1.29, 1.82) is 5.26 Å². The summed E-state index contributed by atoms with van der Waals surface area (Å²) in [6.45, 7) is 4.39. The van der Waals surface area contributed by atoms with Crippen LogP contribution in [-0.2, 0) is 4.79 Å². The molecule has 0 saturated heterocycles. The number of hydrogen-bond acceptors (Lipinski definition) is 5. The normalized spacial score (nSPS) is 10.6. The summed E-state index contributed by atoms with van der Waals surface area (Å²) in [5, 5.41) is 21.2. The molecule has 0 fully saturated rings. The fourth-order valence-electron chi connectivity index (χ4n) is 2.80. The summed E-state index contributed by atoms with van der Waals surface area (Å²) in [6, 6.07) is 15.6. The molecule has 3 rings (SSSR count). The highest BCUT2D eigenvalue weighted by Gasteiger charge is 2.20. The number of benzene rings is 2. The first-order chi connectivity index (χ1) is 14.0. The molecule has 0 atom stereocenters. The van der Waals surface area contributed by atoms with Crippen molar-refractivity contribution < 1.29 is 4.79 Å². The molecule has 29 heavy (non-hydrogen) atoms. The lowest BCUT2D eigenvalue weighted by atomic mass is 10.1. The molecule has 0 aliphatic carbocycles. The lowest BCUT2D eigenvalue weighted by Gasteiger charge is -2.14. The molecule has 0 aliphatic rings. The van der Waals surface area contributed by atoms with E-state index in [0.717, 1.165) is 22.4 Å². The number of amides is 1. The number of hydrogen-bond donors (Lipinski definition) is 1. The number of nitriles is 1. The van der Waals surface area contributed by atoms with E-state index in [0.29, 0.717) is 22.5 Å². The largest absolute Gasteiger partial charge is 0.354 e. The van der Waals surface area contributed by atoms with E-state index in [2.05, 4.69) is 21.6 Å². The molecule has 1 amide bonds. The highest BCUT2D eigenvalue weighted by molar-refractivity contribution is 7.99. The number of carbonyl (C=O) groups is 1. The van der Waals surface area contributed by atoms with E-state index in [1.54, 1.807) is 0 Å². The number of rotatable bonds is 7. The molecule has 1 N–H and O–H groups in total. The Morgan fingerprint density at radius 3 is 2.79 bits per heavy atom. The SMILES string of the molecule is Cc1ccc(C)c(-n2c(SCC(=O)NCCC#N)nnc2-c2ccccc2Cl)c1. The van der Waals surface area contributed by atoms with Crippen LogP contribution < -0.4 is 5.32 Å². The highest BCUT2D eigenvalue weighted by atomic mass is 35.5. The average Bonchev–Trinajstić information content (AvgIpc) is 3.12. The summed E-state index contributed by atoms with van der Waals surface area (Å²) in [4.78, 5) is 12.1. The van der Waals surface area contributed by atoms with Gasteiger partial charge < -0.3 is 5.32 Å². The second-order valence-electron chi connectivity index (χ2n) is 6.46. The Kier molecular flexibility index (Phi) is 6.91. The van der Waals surface area contributed by atoms with Crippen LogP contribution in [0.15, 0.2) is 47.6 Å². The second-order valence-corrected chi connectivity index (χ2v) is 7.81. The van der Waals surface area contributed by atoms with E-state index >= 15 is 0 Å². The van der Waals surface area contributed by atoms with Crippen LogP contribution in [0.1, 0.15) is 17.5 Å². The number of aromatic nitrogens is 3. The lowest BCUT2D eigenvalue weighted by Crippen LogP contribution is -2.26. The Hall–Kier alpha value is -2.82. The molecule has 3 aromatic rings. The fraction of sp³-hybridized carbons (Fsp3) is 0.238. The minimum atomic E-state index is -0.153. The van der Waals surface area contributed by atoms with Crippen LogP contribution >= 0.6 is 23.4 Å². The van der Waals surface area contributed by atoms with Crippen LogP contribution in [-0.4, -0.2) is 33.0 Å². The summed E-state index contributed by atoms with van der Waals surface area (Å²) >= 11 is 7.71. The van der Waals surface area contributed by atoms with Crippen molar-refractivity contribution in [3.8, 4) is 23.1 Å². The summed E-state index contributed by atoms with van der Waals surface area (Å²) < 4.78 is 1.94. The van der Waals surface area contributed by atoms with Crippen molar-refractivity contribution in [3.05, 3.63) is 58.6 Å². The predicted molar refractivity (Wildman–Crippen MR) is 115 cm³/mol. The first-order valence-electron chi connectivity index (χ1n) is 9.05. The number of aryl methyl sites for hydroxylation is 2. The Labute approximate surface area is 178 Å². The third-order valence-electron chi connectivity index (χ3n) is 4.24. The molecule has 0 spiro atoms. The van der Waals surface area contributed by atoms with Crippen LogP contribution in [0.2, 0.25) is 5.02 Å². The number of thioether (sulfide) groups is 1. The van der Waals surface area contributed by atoms with Crippen molar-refractivity contribution >= 4 is 29.3 Å². The lowest BCUT2D eigenvalue weighted by molar-refractivity contribution is -0.118. The van der Waals surface area contributed by atoms with Gasteiger partial charge in [0, 0.05) is 12.1 Å². The predicted octanol–water partition coefficient (Wildman–Crippen LogP) is 4.33. The molecule has 148 valence electrons. The van der Waals surface area contributed by atoms with Gasteiger partial charge in [0.1, 0.15) is 0 Å². The molecule has 1 aromatic heterocycles. The zero-order valence-electron chi connectivity index (χ0n) is 16.1. The maximum absolute atomic E-state index is 12.1. The third kappa shape index (κ3) is 4.97. The molecule has 0 aliphatic heterocycles. The van der Waals surface area contributed by atoms with Crippen molar-refractivity contribution in [2.24, 2.45) is 0 Å². The number of halogens is 1. The van der Waals surface area contributed by atoms with Crippen molar-refractivity contribution in [3.63, 3.8) is 0 Å². The molecule has 6 nitrogen and oxygen atoms in total. The van der Waals surface area contributed by atoms with Gasteiger partial charge in [0.2, 0.25) is 5.91 Å². The van der Waals surface area contributed by atoms with Gasteiger partial charge in [-0.15, -0.1) is 10.2 Å². The molecule has 0 bridgehead atoms. The maximum atomic E-state index is 12.1. The van der Waals surface area contributed by atoms with Crippen molar-refractivity contribution in [2.45, 2.75) is 25.4 Å². The smallest absolute Gasteiger partial charge is 0.230 e. The van der Waals surface area contributed by atoms with E-state index in [1.807, 2.05) is 60.9 Å². The number of nitrogens with zero attached hydrogens (tertiary/aromatic N) is 4. The Morgan fingerprint density at radius 1 is 1.24 bits per heavy atom. The molecule has 1 heterocycles. The quantitative estimate of drug-likeness (QED) is 0.450. The van der Waals surface area contributed by atoms with Gasteiger partial charge in [0.15, 0.2) is 11.0 Å². The average molecular weight is 426 g/mol. The molecule has 0 saturated carbocycles. The number of nitrogens with one attached hydrogen (secondary N) is 1. The van der Waals surface area contributed by atoms with Gasteiger partial charge >= 0.3 is 0 Å². The maximum Gasteiger partial charge on any atom is 0.230 e. The van der Waals surface area contributed by atoms with Gasteiger partial charge in [-0.2, -0.15) is 5.26 Å². The van der Waals surface area contributed by atoms with Gasteiger partial charge in [-0.25, -0.2) is 0 Å². The summed E-state index contributed by atoms with van der Waals surface area (Å²) in [5.74, 6) is 0.647. The minimum Gasteiger partial charge on any atom is -0.354 e. The van der Waals surface area contributed by atoms with Crippen LogP contribution in [0.25, 0.3) is 17.1 Å². The topological polar surface area (TPSA) is 83.6 Å². The van der Waals surface area contributed by atoms with Gasteiger partial charge in [-0.3, -0.25) is 9.36 Å². The Morgan fingerprint density at radius 2 is 2.03 bits per heavy atom. The van der Waals surface area contributed by atoms with E-state index < -0.39 is 0 Å². The van der Waals surface area contributed by atoms with E-state index in [9.17, 15) is 4.79 Å². The molecular weight excluding hydrogens is 406 g/mol. The van der Waals surface area contributed by atoms with E-state index in [4.69, 9.17) is 16.9 Å². The van der Waals surface area contributed by atoms with Crippen molar-refractivity contribution in [1.82, 2.24) is 20.1 Å². The highest BCUT2D eigenvalue weighted by Crippen LogP contribution is 2.33. The Bertz CT molecular complexity index is 1070. The standard InChI is InChI=1S/C21H20ClN5OS/c1-14-8-9-15(2)18(12-14)27-20(16-6-3-4-7-17(16)22)25-26-21(27)29-13-19(28)24-11-5-10-23/h3-4,6-9,12H,5,11,13H2,1-2H3,(H,24,28). The Balaban J connectivity index is 1.99. The molecule has 8 heteroatoms. The first-order valence-corrected chi connectivity index (χ1v) is 10.4. The monoisotopic (exact) mass is 425 g/mol. The van der Waals surface area contributed by atoms with Crippen LogP contribution in [0.5, 0.6) is 0 Å². The first kappa shape index (κ1) is 20.9. The van der Waals surface area contributed by atoms with Crippen LogP contribution in [0.3, 0.4) is 0 Å². The minimum absolute atomic E-state index is 0.153. The summed E-state index contributed by atoms with van der Waals surface area (Å²) in [5.41, 5.74) is 3.88. The molecule has 0 radical (unpaired) electrons. The van der Waals surface area contributed by atoms with Crippen LogP contribution in [0, 0.1) is 25.2 Å². The third-order valence-corrected chi connectivity index (χ3v) is 5.50. The van der Waals surface area contributed by atoms with Crippen LogP contribution in [0.4, 0.5) is 0 Å². The van der Waals surface area contributed by atoms with Gasteiger partial charge in [0.25, 0.3) is 0 Å².